The quantitative estimate of drug-likeness (QED) is 0.885. The van der Waals surface area contributed by atoms with E-state index in [1.165, 1.54) is 11.3 Å². The van der Waals surface area contributed by atoms with E-state index in [2.05, 4.69) is 15.9 Å². The predicted octanol–water partition coefficient (Wildman–Crippen LogP) is 3.30. The van der Waals surface area contributed by atoms with Crippen LogP contribution in [0.15, 0.2) is 22.7 Å². The summed E-state index contributed by atoms with van der Waals surface area (Å²) in [6, 6.07) is 5.82. The Balaban J connectivity index is 2.62. The van der Waals surface area contributed by atoms with Gasteiger partial charge in [-0.25, -0.2) is 4.79 Å². The first-order valence-corrected chi connectivity index (χ1v) is 6.86. The lowest BCUT2D eigenvalue weighted by atomic mass is 10.1. The summed E-state index contributed by atoms with van der Waals surface area (Å²) in [4.78, 5) is 12.8. The van der Waals surface area contributed by atoms with Crippen LogP contribution in [-0.4, -0.2) is 12.6 Å². The topological polar surface area (TPSA) is 52.3 Å². The molecule has 1 aromatic heterocycles. The normalized spacial score (nSPS) is 10.8. The third kappa shape index (κ3) is 2.36. The van der Waals surface area contributed by atoms with Gasteiger partial charge in [-0.05, 0) is 19.1 Å². The van der Waals surface area contributed by atoms with E-state index in [1.807, 2.05) is 18.2 Å². The van der Waals surface area contributed by atoms with Gasteiger partial charge in [0.15, 0.2) is 0 Å². The van der Waals surface area contributed by atoms with Crippen LogP contribution in [0.5, 0.6) is 0 Å². The standard InChI is InChI=1S/C12H12BrNO2S/c1-2-16-12(15)11-8-4-3-7(13)5-9(8)17-10(11)6-14/h3-5H,2,6,14H2,1H3. The summed E-state index contributed by atoms with van der Waals surface area (Å²) >= 11 is 4.95. The Hall–Kier alpha value is -0.910. The van der Waals surface area contributed by atoms with Crippen molar-refractivity contribution in [2.75, 3.05) is 6.61 Å². The van der Waals surface area contributed by atoms with Crippen molar-refractivity contribution in [2.45, 2.75) is 13.5 Å². The van der Waals surface area contributed by atoms with Crippen LogP contribution in [0.4, 0.5) is 0 Å². The minimum Gasteiger partial charge on any atom is -0.462 e. The van der Waals surface area contributed by atoms with Gasteiger partial charge in [0.2, 0.25) is 0 Å². The third-order valence-electron chi connectivity index (χ3n) is 2.39. The lowest BCUT2D eigenvalue weighted by molar-refractivity contribution is 0.0528. The Kier molecular flexibility index (Phi) is 3.81. The van der Waals surface area contributed by atoms with Crippen LogP contribution in [0.3, 0.4) is 0 Å². The Labute approximate surface area is 112 Å². The van der Waals surface area contributed by atoms with Gasteiger partial charge >= 0.3 is 5.97 Å². The fourth-order valence-corrected chi connectivity index (χ4v) is 3.31. The fraction of sp³-hybridized carbons (Fsp3) is 0.250. The maximum Gasteiger partial charge on any atom is 0.339 e. The minimum atomic E-state index is -0.290. The lowest BCUT2D eigenvalue weighted by Crippen LogP contribution is -2.08. The molecule has 90 valence electrons. The van der Waals surface area contributed by atoms with Crippen molar-refractivity contribution in [3.8, 4) is 0 Å². The fourth-order valence-electron chi connectivity index (χ4n) is 1.69. The molecular weight excluding hydrogens is 302 g/mol. The molecule has 0 unspecified atom stereocenters. The second kappa shape index (κ2) is 5.16. The van der Waals surface area contributed by atoms with E-state index < -0.39 is 0 Å². The van der Waals surface area contributed by atoms with Gasteiger partial charge in [0.1, 0.15) is 0 Å². The molecule has 0 saturated carbocycles. The van der Waals surface area contributed by atoms with Crippen LogP contribution < -0.4 is 5.73 Å². The molecule has 1 heterocycles. The molecule has 2 aromatic rings. The van der Waals surface area contributed by atoms with Crippen LogP contribution in [0, 0.1) is 0 Å². The van der Waals surface area contributed by atoms with Crippen molar-refractivity contribution >= 4 is 43.3 Å². The van der Waals surface area contributed by atoms with E-state index in [1.54, 1.807) is 6.92 Å². The number of nitrogens with two attached hydrogens (primary N) is 1. The Morgan fingerprint density at radius 2 is 2.29 bits per heavy atom. The summed E-state index contributed by atoms with van der Waals surface area (Å²) in [7, 11) is 0. The first-order valence-electron chi connectivity index (χ1n) is 5.25. The van der Waals surface area contributed by atoms with Crippen LogP contribution in [-0.2, 0) is 11.3 Å². The van der Waals surface area contributed by atoms with E-state index in [4.69, 9.17) is 10.5 Å². The lowest BCUT2D eigenvalue weighted by Gasteiger charge is -2.02. The molecule has 0 aliphatic heterocycles. The first kappa shape index (κ1) is 12.5. The average Bonchev–Trinajstić information content (AvgIpc) is 2.66. The van der Waals surface area contributed by atoms with Gasteiger partial charge in [-0.1, -0.05) is 22.0 Å². The summed E-state index contributed by atoms with van der Waals surface area (Å²) in [5, 5.41) is 0.914. The van der Waals surface area contributed by atoms with Gasteiger partial charge in [0, 0.05) is 26.0 Å². The monoisotopic (exact) mass is 313 g/mol. The largest absolute Gasteiger partial charge is 0.462 e. The second-order valence-corrected chi connectivity index (χ2v) is 5.52. The average molecular weight is 314 g/mol. The maximum atomic E-state index is 11.9. The van der Waals surface area contributed by atoms with Gasteiger partial charge < -0.3 is 10.5 Å². The van der Waals surface area contributed by atoms with Crippen molar-refractivity contribution < 1.29 is 9.53 Å². The number of esters is 1. The molecule has 2 rings (SSSR count). The molecule has 17 heavy (non-hydrogen) atoms. The van der Waals surface area contributed by atoms with E-state index in [9.17, 15) is 4.79 Å². The molecular formula is C12H12BrNO2S. The van der Waals surface area contributed by atoms with Gasteiger partial charge in [-0.15, -0.1) is 11.3 Å². The number of carbonyl (C=O) groups is 1. The molecule has 1 aromatic carbocycles. The van der Waals surface area contributed by atoms with Crippen molar-refractivity contribution in [3.05, 3.63) is 33.1 Å². The third-order valence-corrected chi connectivity index (χ3v) is 4.06. The van der Waals surface area contributed by atoms with E-state index in [0.717, 1.165) is 19.4 Å². The summed E-state index contributed by atoms with van der Waals surface area (Å²) < 4.78 is 7.10. The van der Waals surface area contributed by atoms with E-state index >= 15 is 0 Å². The highest BCUT2D eigenvalue weighted by molar-refractivity contribution is 9.10. The van der Waals surface area contributed by atoms with Crippen molar-refractivity contribution in [1.82, 2.24) is 0 Å². The van der Waals surface area contributed by atoms with Crippen LogP contribution in [0.1, 0.15) is 22.2 Å². The second-order valence-electron chi connectivity index (χ2n) is 3.47. The summed E-state index contributed by atoms with van der Waals surface area (Å²) in [5.41, 5.74) is 6.29. The molecule has 0 fully saturated rings. The number of hydrogen-bond acceptors (Lipinski definition) is 4. The van der Waals surface area contributed by atoms with Crippen LogP contribution in [0.2, 0.25) is 0 Å². The summed E-state index contributed by atoms with van der Waals surface area (Å²) in [6.07, 6.45) is 0. The molecule has 0 aliphatic carbocycles. The Bertz CT molecular complexity index is 565. The van der Waals surface area contributed by atoms with Gasteiger partial charge in [0.25, 0.3) is 0 Å². The molecule has 2 N–H and O–H groups in total. The van der Waals surface area contributed by atoms with Gasteiger partial charge in [-0.3, -0.25) is 0 Å². The number of halogens is 1. The number of benzene rings is 1. The maximum absolute atomic E-state index is 11.9. The number of hydrogen-bond donors (Lipinski definition) is 1. The summed E-state index contributed by atoms with van der Waals surface area (Å²) in [6.45, 7) is 2.52. The van der Waals surface area contributed by atoms with E-state index in [-0.39, 0.29) is 5.97 Å². The zero-order valence-corrected chi connectivity index (χ0v) is 11.7. The Morgan fingerprint density at radius 3 is 2.94 bits per heavy atom. The van der Waals surface area contributed by atoms with Crippen molar-refractivity contribution in [1.29, 1.82) is 0 Å². The SMILES string of the molecule is CCOC(=O)c1c(CN)sc2cc(Br)ccc12. The number of thiophene rings is 1. The van der Waals surface area contributed by atoms with Crippen molar-refractivity contribution in [2.24, 2.45) is 5.73 Å². The number of carbonyl (C=O) groups excluding carboxylic acids is 1. The molecule has 0 atom stereocenters. The van der Waals surface area contributed by atoms with Crippen molar-refractivity contribution in [3.63, 3.8) is 0 Å². The highest BCUT2D eigenvalue weighted by atomic mass is 79.9. The molecule has 3 nitrogen and oxygen atoms in total. The highest BCUT2D eigenvalue weighted by Gasteiger charge is 2.19. The zero-order valence-electron chi connectivity index (χ0n) is 9.33. The molecule has 0 bridgehead atoms. The molecule has 5 heteroatoms. The van der Waals surface area contributed by atoms with Gasteiger partial charge in [0.05, 0.1) is 12.2 Å². The molecule has 0 radical (unpaired) electrons. The number of fused-ring (bicyclic) bond motifs is 1. The Morgan fingerprint density at radius 1 is 1.53 bits per heavy atom. The van der Waals surface area contributed by atoms with Crippen LogP contribution >= 0.6 is 27.3 Å². The molecule has 0 spiro atoms. The number of rotatable bonds is 3. The smallest absolute Gasteiger partial charge is 0.339 e. The van der Waals surface area contributed by atoms with Crippen LogP contribution in [0.25, 0.3) is 10.1 Å². The van der Waals surface area contributed by atoms with Gasteiger partial charge in [-0.2, -0.15) is 0 Å². The highest BCUT2D eigenvalue weighted by Crippen LogP contribution is 2.33. The predicted molar refractivity (Wildman–Crippen MR) is 73.4 cm³/mol. The molecule has 0 aliphatic rings. The van der Waals surface area contributed by atoms with E-state index in [0.29, 0.717) is 18.7 Å². The summed E-state index contributed by atoms with van der Waals surface area (Å²) in [5.74, 6) is -0.290. The number of ether oxygens (including phenoxy) is 1. The first-order chi connectivity index (χ1) is 8.17. The minimum absolute atomic E-state index is 0.290. The zero-order chi connectivity index (χ0) is 12.4. The molecule has 0 amide bonds. The molecule has 0 saturated heterocycles.